The van der Waals surface area contributed by atoms with Gasteiger partial charge in [0.05, 0.1) is 6.04 Å². The Balaban J connectivity index is 2.13. The number of halogens is 3. The van der Waals surface area contributed by atoms with Gasteiger partial charge in [-0.25, -0.2) is 4.39 Å². The van der Waals surface area contributed by atoms with Crippen LogP contribution in [-0.2, 0) is 0 Å². The number of nitrogens with two attached hydrogens (primary N) is 1. The van der Waals surface area contributed by atoms with Gasteiger partial charge < -0.3 is 10.2 Å². The summed E-state index contributed by atoms with van der Waals surface area (Å²) in [7, 11) is 0. The maximum absolute atomic E-state index is 13.6. The molecule has 2 aromatic carbocycles. The van der Waals surface area contributed by atoms with Gasteiger partial charge in [0.25, 0.3) is 0 Å². The minimum absolute atomic E-state index is 0.182. The zero-order chi connectivity index (χ0) is 14.3. The Morgan fingerprint density at radius 1 is 1.05 bits per heavy atom. The summed E-state index contributed by atoms with van der Waals surface area (Å²) in [6.45, 7) is 0. The highest BCUT2D eigenvalue weighted by molar-refractivity contribution is 6.36. The molecule has 0 aliphatic rings. The fourth-order valence-corrected chi connectivity index (χ4v) is 2.78. The van der Waals surface area contributed by atoms with Crippen LogP contribution in [0.5, 0.6) is 0 Å². The molecule has 0 radical (unpaired) electrons. The van der Waals surface area contributed by atoms with Crippen molar-refractivity contribution in [2.75, 3.05) is 0 Å². The molecule has 0 fully saturated rings. The standard InChI is InChI=1S/C15H10Cl2FNO/c16-9-4-2-5-10(17)13(9)14(19)12-7-8-3-1-6-11(18)15(8)20-12/h1-7,14H,19H2. The third-order valence-electron chi connectivity index (χ3n) is 3.13. The molecule has 0 aliphatic carbocycles. The van der Waals surface area contributed by atoms with Crippen molar-refractivity contribution < 1.29 is 8.81 Å². The fourth-order valence-electron chi connectivity index (χ4n) is 2.15. The first-order chi connectivity index (χ1) is 9.58. The van der Waals surface area contributed by atoms with E-state index in [-0.39, 0.29) is 5.58 Å². The van der Waals surface area contributed by atoms with Crippen LogP contribution in [0.3, 0.4) is 0 Å². The van der Waals surface area contributed by atoms with E-state index in [0.717, 1.165) is 0 Å². The van der Waals surface area contributed by atoms with E-state index in [0.29, 0.717) is 26.8 Å². The lowest BCUT2D eigenvalue weighted by molar-refractivity contribution is 0.502. The van der Waals surface area contributed by atoms with Crippen LogP contribution in [0.4, 0.5) is 4.39 Å². The van der Waals surface area contributed by atoms with Crippen LogP contribution in [0.25, 0.3) is 11.0 Å². The minimum atomic E-state index is -0.650. The Kier molecular flexibility index (Phi) is 3.42. The fraction of sp³-hybridized carbons (Fsp3) is 0.0667. The van der Waals surface area contributed by atoms with Crippen molar-refractivity contribution in [1.82, 2.24) is 0 Å². The van der Waals surface area contributed by atoms with Crippen molar-refractivity contribution in [3.05, 3.63) is 69.7 Å². The van der Waals surface area contributed by atoms with E-state index in [1.54, 1.807) is 36.4 Å². The summed E-state index contributed by atoms with van der Waals surface area (Å²) >= 11 is 12.2. The third kappa shape index (κ3) is 2.18. The summed E-state index contributed by atoms with van der Waals surface area (Å²) in [6.07, 6.45) is 0. The predicted octanol–water partition coefficient (Wildman–Crippen LogP) is 4.93. The minimum Gasteiger partial charge on any atom is -0.456 e. The molecule has 1 atom stereocenters. The summed E-state index contributed by atoms with van der Waals surface area (Å²) in [4.78, 5) is 0. The van der Waals surface area contributed by atoms with Crippen LogP contribution >= 0.6 is 23.2 Å². The van der Waals surface area contributed by atoms with Gasteiger partial charge in [-0.1, -0.05) is 41.4 Å². The first-order valence-electron chi connectivity index (χ1n) is 5.95. The molecule has 1 aromatic heterocycles. The zero-order valence-electron chi connectivity index (χ0n) is 10.2. The van der Waals surface area contributed by atoms with E-state index in [2.05, 4.69) is 0 Å². The van der Waals surface area contributed by atoms with Gasteiger partial charge in [-0.3, -0.25) is 0 Å². The van der Waals surface area contributed by atoms with Gasteiger partial charge in [0.2, 0.25) is 0 Å². The van der Waals surface area contributed by atoms with Crippen LogP contribution in [0.15, 0.2) is 46.9 Å². The monoisotopic (exact) mass is 309 g/mol. The topological polar surface area (TPSA) is 39.2 Å². The summed E-state index contributed by atoms with van der Waals surface area (Å²) in [5, 5.41) is 1.55. The number of benzene rings is 2. The normalized spacial score (nSPS) is 12.8. The molecule has 0 bridgehead atoms. The highest BCUT2D eigenvalue weighted by Crippen LogP contribution is 2.35. The smallest absolute Gasteiger partial charge is 0.169 e. The molecule has 3 rings (SSSR count). The second-order valence-corrected chi connectivity index (χ2v) is 5.23. The number of hydrogen-bond acceptors (Lipinski definition) is 2. The summed E-state index contributed by atoms with van der Waals surface area (Å²) in [5.74, 6) is -0.00805. The zero-order valence-corrected chi connectivity index (χ0v) is 11.8. The number of hydrogen-bond donors (Lipinski definition) is 1. The molecule has 3 aromatic rings. The van der Waals surface area contributed by atoms with Crippen molar-refractivity contribution in [1.29, 1.82) is 0 Å². The van der Waals surface area contributed by atoms with Gasteiger partial charge in [-0.15, -0.1) is 0 Å². The molecule has 1 unspecified atom stereocenters. The summed E-state index contributed by atoms with van der Waals surface area (Å²) in [5.41, 5.74) is 6.89. The Labute approximate surface area is 124 Å². The average molecular weight is 310 g/mol. The van der Waals surface area contributed by atoms with Crippen LogP contribution in [0, 0.1) is 5.82 Å². The summed E-state index contributed by atoms with van der Waals surface area (Å²) in [6, 6.07) is 10.9. The number of furan rings is 1. The average Bonchev–Trinajstić information content (AvgIpc) is 2.84. The number of para-hydroxylation sites is 1. The third-order valence-corrected chi connectivity index (χ3v) is 3.79. The van der Waals surface area contributed by atoms with Gasteiger partial charge in [-0.2, -0.15) is 0 Å². The Morgan fingerprint density at radius 2 is 1.70 bits per heavy atom. The highest BCUT2D eigenvalue weighted by Gasteiger charge is 2.20. The Hall–Kier alpha value is -1.55. The molecule has 0 saturated heterocycles. The van der Waals surface area contributed by atoms with E-state index < -0.39 is 11.9 Å². The Morgan fingerprint density at radius 3 is 2.35 bits per heavy atom. The maximum Gasteiger partial charge on any atom is 0.169 e. The van der Waals surface area contributed by atoms with E-state index in [1.807, 2.05) is 0 Å². The molecule has 20 heavy (non-hydrogen) atoms. The maximum atomic E-state index is 13.6. The lowest BCUT2D eigenvalue weighted by atomic mass is 10.1. The van der Waals surface area contributed by atoms with Crippen LogP contribution in [0.2, 0.25) is 10.0 Å². The van der Waals surface area contributed by atoms with Crippen LogP contribution in [0.1, 0.15) is 17.4 Å². The van der Waals surface area contributed by atoms with E-state index >= 15 is 0 Å². The van der Waals surface area contributed by atoms with Gasteiger partial charge in [0.15, 0.2) is 11.4 Å². The van der Waals surface area contributed by atoms with Crippen molar-refractivity contribution in [3.63, 3.8) is 0 Å². The molecule has 102 valence electrons. The van der Waals surface area contributed by atoms with Crippen molar-refractivity contribution >= 4 is 34.2 Å². The summed E-state index contributed by atoms with van der Waals surface area (Å²) < 4.78 is 19.1. The van der Waals surface area contributed by atoms with E-state index in [4.69, 9.17) is 33.4 Å². The molecular formula is C15H10Cl2FNO. The largest absolute Gasteiger partial charge is 0.456 e. The second kappa shape index (κ2) is 5.09. The quantitative estimate of drug-likeness (QED) is 0.729. The van der Waals surface area contributed by atoms with Crippen LogP contribution < -0.4 is 5.73 Å². The predicted molar refractivity (Wildman–Crippen MR) is 78.7 cm³/mol. The molecule has 2 N–H and O–H groups in total. The molecule has 0 amide bonds. The molecule has 5 heteroatoms. The number of fused-ring (bicyclic) bond motifs is 1. The SMILES string of the molecule is NC(c1cc2cccc(F)c2o1)c1c(Cl)cccc1Cl. The molecule has 0 aliphatic heterocycles. The highest BCUT2D eigenvalue weighted by atomic mass is 35.5. The molecule has 0 spiro atoms. The van der Waals surface area contributed by atoms with Gasteiger partial charge in [0, 0.05) is 21.0 Å². The van der Waals surface area contributed by atoms with Gasteiger partial charge >= 0.3 is 0 Å². The molecular weight excluding hydrogens is 300 g/mol. The molecule has 2 nitrogen and oxygen atoms in total. The molecule has 0 saturated carbocycles. The lowest BCUT2D eigenvalue weighted by Crippen LogP contribution is -2.12. The molecule has 1 heterocycles. The van der Waals surface area contributed by atoms with Crippen molar-refractivity contribution in [3.8, 4) is 0 Å². The Bertz CT molecular complexity index is 764. The van der Waals surface area contributed by atoms with E-state index in [9.17, 15) is 4.39 Å². The van der Waals surface area contributed by atoms with Gasteiger partial charge in [0.1, 0.15) is 5.76 Å². The first kappa shape index (κ1) is 13.4. The van der Waals surface area contributed by atoms with Gasteiger partial charge in [-0.05, 0) is 24.3 Å². The van der Waals surface area contributed by atoms with Crippen LogP contribution in [-0.4, -0.2) is 0 Å². The van der Waals surface area contributed by atoms with Crippen molar-refractivity contribution in [2.45, 2.75) is 6.04 Å². The van der Waals surface area contributed by atoms with Crippen molar-refractivity contribution in [2.24, 2.45) is 5.73 Å². The lowest BCUT2D eigenvalue weighted by Gasteiger charge is -2.12. The van der Waals surface area contributed by atoms with E-state index in [1.165, 1.54) is 6.07 Å². The second-order valence-electron chi connectivity index (χ2n) is 4.42. The first-order valence-corrected chi connectivity index (χ1v) is 6.71. The number of rotatable bonds is 2.